The lowest BCUT2D eigenvalue weighted by Crippen LogP contribution is -2.21. The maximum absolute atomic E-state index is 4.18. The molecule has 1 atom stereocenters. The topological polar surface area (TPSA) is 24.4 Å². The van der Waals surface area contributed by atoms with Crippen LogP contribution in [-0.2, 0) is 0 Å². The molecule has 60 valence electrons. The van der Waals surface area contributed by atoms with Crippen LogP contribution in [0.1, 0.15) is 13.3 Å². The summed E-state index contributed by atoms with van der Waals surface area (Å²) in [6.07, 6.45) is 4.43. The van der Waals surface area contributed by atoms with Gasteiger partial charge >= 0.3 is 0 Å². The van der Waals surface area contributed by atoms with Crippen molar-refractivity contribution in [3.8, 4) is 0 Å². The summed E-state index contributed by atoms with van der Waals surface area (Å²) in [5.41, 5.74) is 0. The van der Waals surface area contributed by atoms with Gasteiger partial charge < -0.3 is 5.32 Å². The van der Waals surface area contributed by atoms with Gasteiger partial charge in [-0.25, -0.2) is 4.99 Å². The third-order valence-electron chi connectivity index (χ3n) is 1.58. The summed E-state index contributed by atoms with van der Waals surface area (Å²) in [5.74, 6) is 1.51. The molecule has 0 aromatic rings. The van der Waals surface area contributed by atoms with Gasteiger partial charge in [0.1, 0.15) is 5.84 Å². The normalized spacial score (nSPS) is 23.6. The highest BCUT2D eigenvalue weighted by atomic mass is 79.9. The first kappa shape index (κ1) is 8.53. The largest absolute Gasteiger partial charge is 0.351 e. The third-order valence-corrected chi connectivity index (χ3v) is 2.57. The van der Waals surface area contributed by atoms with Crippen molar-refractivity contribution in [3.63, 3.8) is 0 Å². The van der Waals surface area contributed by atoms with Crippen LogP contribution in [0.3, 0.4) is 0 Å². The van der Waals surface area contributed by atoms with E-state index in [1.54, 1.807) is 6.20 Å². The van der Waals surface area contributed by atoms with Gasteiger partial charge in [0, 0.05) is 17.1 Å². The third kappa shape index (κ3) is 2.19. The number of hydrogen-bond acceptors (Lipinski definition) is 2. The first-order valence-electron chi connectivity index (χ1n) is 3.53. The van der Waals surface area contributed by atoms with E-state index >= 15 is 0 Å². The molecule has 0 radical (unpaired) electrons. The Hall–Kier alpha value is -0.570. The van der Waals surface area contributed by atoms with Crippen molar-refractivity contribution in [2.75, 3.05) is 0 Å². The van der Waals surface area contributed by atoms with Crippen LogP contribution in [0.4, 0.5) is 0 Å². The van der Waals surface area contributed by atoms with E-state index in [4.69, 9.17) is 0 Å². The average Bonchev–Trinajstić information content (AvgIpc) is 1.98. The van der Waals surface area contributed by atoms with Gasteiger partial charge in [-0.1, -0.05) is 29.4 Å². The zero-order valence-corrected chi connectivity index (χ0v) is 8.06. The highest BCUT2D eigenvalue weighted by molar-refractivity contribution is 9.11. The minimum atomic E-state index is 0.523. The van der Waals surface area contributed by atoms with Gasteiger partial charge in [-0.05, 0) is 12.1 Å². The van der Waals surface area contributed by atoms with Crippen LogP contribution in [0.5, 0.6) is 0 Å². The molecule has 0 bridgehead atoms. The Balaban J connectivity index is 2.65. The van der Waals surface area contributed by atoms with Crippen LogP contribution in [0.2, 0.25) is 0 Å². The smallest absolute Gasteiger partial charge is 0.106 e. The number of allylic oxidation sites excluding steroid dienone is 1. The van der Waals surface area contributed by atoms with Gasteiger partial charge in [0.2, 0.25) is 0 Å². The molecule has 1 aliphatic heterocycles. The predicted octanol–water partition coefficient (Wildman–Crippen LogP) is 2.39. The molecule has 0 aromatic carbocycles. The molecule has 0 saturated carbocycles. The van der Waals surface area contributed by atoms with Crippen LogP contribution in [0.15, 0.2) is 28.5 Å². The fourth-order valence-electron chi connectivity index (χ4n) is 0.921. The second kappa shape index (κ2) is 3.72. The van der Waals surface area contributed by atoms with Gasteiger partial charge in [-0.15, -0.1) is 0 Å². The maximum Gasteiger partial charge on any atom is 0.106 e. The first-order valence-corrected chi connectivity index (χ1v) is 4.33. The summed E-state index contributed by atoms with van der Waals surface area (Å²) in [6, 6.07) is 0. The summed E-state index contributed by atoms with van der Waals surface area (Å²) in [7, 11) is 0. The van der Waals surface area contributed by atoms with Gasteiger partial charge in [0.15, 0.2) is 0 Å². The summed E-state index contributed by atoms with van der Waals surface area (Å²) >= 11 is 3.43. The highest BCUT2D eigenvalue weighted by Gasteiger charge is 2.12. The molecule has 1 rings (SSSR count). The fourth-order valence-corrected chi connectivity index (χ4v) is 1.19. The molecule has 1 aliphatic rings. The number of nitrogens with one attached hydrogen (secondary N) is 1. The van der Waals surface area contributed by atoms with E-state index in [0.717, 1.165) is 16.7 Å². The quantitative estimate of drug-likeness (QED) is 0.713. The number of halogens is 1. The molecular formula is C8H11BrN2. The zero-order chi connectivity index (χ0) is 8.27. The molecule has 2 nitrogen and oxygen atoms in total. The van der Waals surface area contributed by atoms with E-state index in [-0.39, 0.29) is 0 Å². The van der Waals surface area contributed by atoms with Crippen molar-refractivity contribution in [1.29, 1.82) is 0 Å². The van der Waals surface area contributed by atoms with E-state index < -0.39 is 0 Å². The predicted molar refractivity (Wildman–Crippen MR) is 51.6 cm³/mol. The lowest BCUT2D eigenvalue weighted by Gasteiger charge is -2.15. The molecule has 0 saturated heterocycles. The van der Waals surface area contributed by atoms with Crippen LogP contribution in [0.25, 0.3) is 0 Å². The van der Waals surface area contributed by atoms with E-state index in [9.17, 15) is 0 Å². The summed E-state index contributed by atoms with van der Waals surface area (Å²) < 4.78 is 1.16. The van der Waals surface area contributed by atoms with Gasteiger partial charge in [-0.2, -0.15) is 0 Å². The Labute approximate surface area is 75.2 Å². The summed E-state index contributed by atoms with van der Waals surface area (Å²) in [6.45, 7) is 5.73. The summed E-state index contributed by atoms with van der Waals surface area (Å²) in [5, 5.41) is 2.98. The Morgan fingerprint density at radius 2 is 2.64 bits per heavy atom. The molecule has 11 heavy (non-hydrogen) atoms. The number of rotatable bonds is 1. The molecule has 0 amide bonds. The number of aliphatic imine (C=N–C) groups is 1. The first-order chi connectivity index (χ1) is 5.24. The van der Waals surface area contributed by atoms with Gasteiger partial charge in [0.25, 0.3) is 0 Å². The van der Waals surface area contributed by atoms with Crippen LogP contribution >= 0.6 is 15.9 Å². The molecule has 1 heterocycles. The lowest BCUT2D eigenvalue weighted by atomic mass is 10.1. The highest BCUT2D eigenvalue weighted by Crippen LogP contribution is 2.24. The monoisotopic (exact) mass is 214 g/mol. The Morgan fingerprint density at radius 3 is 3.18 bits per heavy atom. The molecule has 0 fully saturated rings. The number of nitrogens with zero attached hydrogens (tertiary/aromatic N) is 1. The minimum Gasteiger partial charge on any atom is -0.351 e. The minimum absolute atomic E-state index is 0.523. The second-order valence-corrected chi connectivity index (χ2v) is 3.46. The second-order valence-electron chi connectivity index (χ2n) is 2.54. The van der Waals surface area contributed by atoms with E-state index in [0.29, 0.717) is 5.92 Å². The molecule has 1 unspecified atom stereocenters. The van der Waals surface area contributed by atoms with Crippen LogP contribution < -0.4 is 5.32 Å². The Kier molecular flexibility index (Phi) is 2.88. The molecule has 0 aromatic heterocycles. The number of hydrogen-bond donors (Lipinski definition) is 1. The van der Waals surface area contributed by atoms with E-state index in [1.165, 1.54) is 0 Å². The van der Waals surface area contributed by atoms with Crippen molar-refractivity contribution < 1.29 is 0 Å². The zero-order valence-electron chi connectivity index (χ0n) is 6.47. The van der Waals surface area contributed by atoms with Gasteiger partial charge in [-0.3, -0.25) is 0 Å². The SMILES string of the molecule is C=CNC1=NC=C(Br)C(C)C1. The van der Waals surface area contributed by atoms with Crippen molar-refractivity contribution in [3.05, 3.63) is 23.5 Å². The lowest BCUT2D eigenvalue weighted by molar-refractivity contribution is 0.733. The average molecular weight is 215 g/mol. The molecule has 0 aliphatic carbocycles. The maximum atomic E-state index is 4.18. The molecular weight excluding hydrogens is 204 g/mol. The Bertz CT molecular complexity index is 218. The molecule has 0 spiro atoms. The molecule has 3 heteroatoms. The summed E-state index contributed by atoms with van der Waals surface area (Å²) in [4.78, 5) is 4.18. The fraction of sp³-hybridized carbons (Fsp3) is 0.375. The van der Waals surface area contributed by atoms with Crippen LogP contribution in [-0.4, -0.2) is 5.84 Å². The van der Waals surface area contributed by atoms with Crippen LogP contribution in [0, 0.1) is 5.92 Å². The molecule has 1 N–H and O–H groups in total. The Morgan fingerprint density at radius 1 is 1.91 bits per heavy atom. The van der Waals surface area contributed by atoms with Crippen molar-refractivity contribution in [2.45, 2.75) is 13.3 Å². The van der Waals surface area contributed by atoms with E-state index in [2.05, 4.69) is 39.7 Å². The van der Waals surface area contributed by atoms with Crippen molar-refractivity contribution >= 4 is 21.8 Å². The van der Waals surface area contributed by atoms with Crippen molar-refractivity contribution in [1.82, 2.24) is 5.32 Å². The van der Waals surface area contributed by atoms with E-state index in [1.807, 2.05) is 6.20 Å². The van der Waals surface area contributed by atoms with Crippen molar-refractivity contribution in [2.24, 2.45) is 10.9 Å². The number of amidine groups is 1. The van der Waals surface area contributed by atoms with Gasteiger partial charge in [0.05, 0.1) is 0 Å². The standard InChI is InChI=1S/C8H11BrN2/c1-3-10-8-4-6(2)7(9)5-11-8/h3,5-6H,1,4H2,2H3,(H,10,11).